The van der Waals surface area contributed by atoms with E-state index in [0.717, 1.165) is 18.2 Å². The van der Waals surface area contributed by atoms with Crippen molar-refractivity contribution in [3.63, 3.8) is 0 Å². The molecule has 0 heterocycles. The predicted molar refractivity (Wildman–Crippen MR) is 135 cm³/mol. The van der Waals surface area contributed by atoms with Crippen LogP contribution in [0.5, 0.6) is 17.2 Å². The lowest BCUT2D eigenvalue weighted by molar-refractivity contribution is -0.152. The van der Waals surface area contributed by atoms with Gasteiger partial charge in [0.1, 0.15) is 23.5 Å². The summed E-state index contributed by atoms with van der Waals surface area (Å²) in [5, 5.41) is 11.9. The predicted octanol–water partition coefficient (Wildman–Crippen LogP) is 5.72. The maximum atomic E-state index is 13.0. The molecule has 0 radical (unpaired) electrons. The van der Waals surface area contributed by atoms with Crippen molar-refractivity contribution in [1.29, 1.82) is 0 Å². The summed E-state index contributed by atoms with van der Waals surface area (Å²) in [6.07, 6.45) is -3.41. The molecule has 0 aliphatic rings. The minimum absolute atomic E-state index is 0.0446. The lowest BCUT2D eigenvalue weighted by Gasteiger charge is -2.23. The van der Waals surface area contributed by atoms with Gasteiger partial charge >= 0.3 is 12.1 Å². The van der Waals surface area contributed by atoms with Crippen molar-refractivity contribution >= 4 is 23.1 Å². The third-order valence-corrected chi connectivity index (χ3v) is 6.43. The normalized spacial score (nSPS) is 12.5. The number of alkyl halides is 3. The molecular formula is C27H26F3NO6S. The molecule has 0 saturated carbocycles. The van der Waals surface area contributed by atoms with Crippen LogP contribution >= 0.6 is 0 Å². The summed E-state index contributed by atoms with van der Waals surface area (Å²) in [6, 6.07) is 14.3. The Labute approximate surface area is 220 Å². The summed E-state index contributed by atoms with van der Waals surface area (Å²) in [4.78, 5) is 23.8. The van der Waals surface area contributed by atoms with Gasteiger partial charge in [-0.3, -0.25) is 4.79 Å². The second-order valence-electron chi connectivity index (χ2n) is 8.94. The first-order valence-corrected chi connectivity index (χ1v) is 12.9. The maximum Gasteiger partial charge on any atom is 0.416 e. The van der Waals surface area contributed by atoms with E-state index in [1.807, 2.05) is 0 Å². The van der Waals surface area contributed by atoms with Gasteiger partial charge in [0.15, 0.2) is 10.5 Å². The van der Waals surface area contributed by atoms with Gasteiger partial charge in [-0.15, -0.1) is 0 Å². The van der Waals surface area contributed by atoms with E-state index >= 15 is 0 Å². The molecule has 202 valence electrons. The van der Waals surface area contributed by atoms with Crippen LogP contribution in [0.2, 0.25) is 0 Å². The van der Waals surface area contributed by atoms with Crippen LogP contribution in [0.15, 0.2) is 65.6 Å². The van der Waals surface area contributed by atoms with Crippen molar-refractivity contribution in [1.82, 2.24) is 5.32 Å². The van der Waals surface area contributed by atoms with Crippen molar-refractivity contribution < 1.29 is 41.9 Å². The standard InChI is InChI=1S/C27H26F3NO6S/c1-16-12-20(9-11-22(16)37-26(2,3)25(33)34)36-19-7-5-6-17(13-19)15-31-24(32)21-10-8-18(27(28,29)30)14-23(21)38(4)35/h5-14H,15H2,1-4H3,(H,31,32)(H,33,34). The molecule has 0 fully saturated rings. The monoisotopic (exact) mass is 549 g/mol. The Balaban J connectivity index is 1.70. The number of carboxylic acids is 1. The van der Waals surface area contributed by atoms with Gasteiger partial charge in [0, 0.05) is 12.6 Å². The topological polar surface area (TPSA) is 108 Å². The van der Waals surface area contributed by atoms with Crippen LogP contribution in [-0.2, 0) is 28.7 Å². The van der Waals surface area contributed by atoms with Crippen molar-refractivity contribution in [2.45, 2.75) is 44.0 Å². The zero-order chi connectivity index (χ0) is 28.3. The fourth-order valence-corrected chi connectivity index (χ4v) is 4.14. The zero-order valence-corrected chi connectivity index (χ0v) is 21.8. The number of benzene rings is 3. The molecule has 38 heavy (non-hydrogen) atoms. The largest absolute Gasteiger partial charge is 0.612 e. The van der Waals surface area contributed by atoms with Crippen LogP contribution in [0.25, 0.3) is 0 Å². The first kappa shape index (κ1) is 28.9. The average molecular weight is 550 g/mol. The number of hydrogen-bond acceptors (Lipinski definition) is 5. The number of carboxylic acid groups (broad SMARTS) is 1. The Bertz CT molecular complexity index is 1340. The number of ether oxygens (including phenoxy) is 2. The van der Waals surface area contributed by atoms with E-state index in [-0.39, 0.29) is 17.0 Å². The highest BCUT2D eigenvalue weighted by Gasteiger charge is 2.33. The van der Waals surface area contributed by atoms with Gasteiger partial charge in [-0.1, -0.05) is 12.1 Å². The number of carbonyl (C=O) groups is 2. The lowest BCUT2D eigenvalue weighted by Crippen LogP contribution is -2.38. The molecule has 1 atom stereocenters. The highest BCUT2D eigenvalue weighted by atomic mass is 32.2. The fraction of sp³-hybridized carbons (Fsp3) is 0.259. The van der Waals surface area contributed by atoms with E-state index in [1.54, 1.807) is 49.4 Å². The number of aliphatic carboxylic acids is 1. The summed E-state index contributed by atoms with van der Waals surface area (Å²) in [5.74, 6) is -0.425. The molecule has 3 rings (SSSR count). The second-order valence-corrected chi connectivity index (χ2v) is 10.3. The van der Waals surface area contributed by atoms with Crippen LogP contribution in [0.3, 0.4) is 0 Å². The molecule has 3 aromatic rings. The minimum Gasteiger partial charge on any atom is -0.612 e. The first-order valence-electron chi connectivity index (χ1n) is 11.3. The fourth-order valence-electron chi connectivity index (χ4n) is 3.38. The molecule has 0 saturated heterocycles. The number of halogens is 3. The van der Waals surface area contributed by atoms with Crippen LogP contribution in [-0.4, -0.2) is 33.4 Å². The Hall–Kier alpha value is -3.70. The van der Waals surface area contributed by atoms with Gasteiger partial charge in [0.2, 0.25) is 0 Å². The van der Waals surface area contributed by atoms with E-state index in [9.17, 15) is 32.4 Å². The molecule has 1 unspecified atom stereocenters. The Morgan fingerprint density at radius 2 is 1.71 bits per heavy atom. The number of nitrogens with one attached hydrogen (secondary N) is 1. The van der Waals surface area contributed by atoms with E-state index in [0.29, 0.717) is 28.4 Å². The van der Waals surface area contributed by atoms with Crippen LogP contribution in [0.4, 0.5) is 13.2 Å². The zero-order valence-electron chi connectivity index (χ0n) is 21.0. The van der Waals surface area contributed by atoms with Gasteiger partial charge in [0.05, 0.1) is 11.1 Å². The number of amides is 1. The maximum absolute atomic E-state index is 13.0. The third kappa shape index (κ3) is 7.20. The van der Waals surface area contributed by atoms with Crippen molar-refractivity contribution in [3.8, 4) is 17.2 Å². The van der Waals surface area contributed by atoms with Gasteiger partial charge in [0.25, 0.3) is 5.91 Å². The summed E-state index contributed by atoms with van der Waals surface area (Å²) in [5.41, 5.74) is -1.17. The highest BCUT2D eigenvalue weighted by molar-refractivity contribution is 7.90. The molecule has 2 N–H and O–H groups in total. The van der Waals surface area contributed by atoms with E-state index in [4.69, 9.17) is 9.47 Å². The Morgan fingerprint density at radius 1 is 1.03 bits per heavy atom. The van der Waals surface area contributed by atoms with Crippen molar-refractivity contribution in [3.05, 3.63) is 82.9 Å². The molecule has 11 heteroatoms. The SMILES string of the molecule is Cc1cc(Oc2cccc(CNC(=O)c3ccc(C(F)(F)F)cc3[S+](C)[O-])c2)ccc1OC(C)(C)C(=O)O. The molecule has 7 nitrogen and oxygen atoms in total. The third-order valence-electron chi connectivity index (χ3n) is 5.48. The summed E-state index contributed by atoms with van der Waals surface area (Å²) < 4.78 is 62.5. The lowest BCUT2D eigenvalue weighted by atomic mass is 10.1. The molecule has 0 spiro atoms. The molecule has 0 aliphatic carbocycles. The van der Waals surface area contributed by atoms with Crippen LogP contribution in [0.1, 0.15) is 40.9 Å². The van der Waals surface area contributed by atoms with E-state index in [1.165, 1.54) is 20.1 Å². The number of carbonyl (C=O) groups excluding carboxylic acids is 1. The van der Waals surface area contributed by atoms with E-state index < -0.39 is 40.4 Å². The number of rotatable bonds is 9. The van der Waals surface area contributed by atoms with Gasteiger partial charge in [-0.2, -0.15) is 13.2 Å². The summed E-state index contributed by atoms with van der Waals surface area (Å²) in [6.45, 7) is 4.70. The van der Waals surface area contributed by atoms with Gasteiger partial charge in [-0.05, 0) is 85.5 Å². The molecule has 1 amide bonds. The minimum atomic E-state index is -4.62. The quantitative estimate of drug-likeness (QED) is 0.331. The van der Waals surface area contributed by atoms with E-state index in [2.05, 4.69) is 5.32 Å². The highest BCUT2D eigenvalue weighted by Crippen LogP contribution is 2.32. The van der Waals surface area contributed by atoms with Crippen molar-refractivity contribution in [2.24, 2.45) is 0 Å². The Morgan fingerprint density at radius 3 is 2.32 bits per heavy atom. The van der Waals surface area contributed by atoms with Crippen LogP contribution < -0.4 is 14.8 Å². The van der Waals surface area contributed by atoms with Gasteiger partial charge < -0.3 is 24.4 Å². The Kier molecular flexibility index (Phi) is 8.63. The van der Waals surface area contributed by atoms with Gasteiger partial charge in [-0.25, -0.2) is 4.79 Å². The molecule has 0 aromatic heterocycles. The first-order chi connectivity index (χ1) is 17.7. The molecule has 3 aromatic carbocycles. The summed E-state index contributed by atoms with van der Waals surface area (Å²) in [7, 11) is 0. The second kappa shape index (κ2) is 11.4. The van der Waals surface area contributed by atoms with Crippen LogP contribution in [0, 0.1) is 6.92 Å². The molecule has 0 bridgehead atoms. The number of hydrogen-bond donors (Lipinski definition) is 2. The molecular weight excluding hydrogens is 523 g/mol. The number of aryl methyl sites for hydroxylation is 1. The average Bonchev–Trinajstić information content (AvgIpc) is 2.83. The molecule has 0 aliphatic heterocycles. The smallest absolute Gasteiger partial charge is 0.416 e. The summed E-state index contributed by atoms with van der Waals surface area (Å²) >= 11 is -1.81. The van der Waals surface area contributed by atoms with Crippen molar-refractivity contribution in [2.75, 3.05) is 6.26 Å².